The first kappa shape index (κ1) is 14.9. The summed E-state index contributed by atoms with van der Waals surface area (Å²) in [5, 5.41) is 12.6. The number of guanidine groups is 1. The predicted molar refractivity (Wildman–Crippen MR) is 95.8 cm³/mol. The monoisotopic (exact) mass is 339 g/mol. The van der Waals surface area contributed by atoms with E-state index in [9.17, 15) is 4.79 Å². The number of rotatable bonds is 2. The summed E-state index contributed by atoms with van der Waals surface area (Å²) in [5.41, 5.74) is 9.16. The smallest absolute Gasteiger partial charge is 0.231 e. The lowest BCUT2D eigenvalue weighted by Crippen LogP contribution is -2.47. The Hall–Kier alpha value is -2.67. The molecule has 1 aliphatic heterocycles. The number of benzene rings is 1. The Bertz CT molecular complexity index is 959. The van der Waals surface area contributed by atoms with Crippen LogP contribution in [0.1, 0.15) is 18.9 Å². The molecule has 24 heavy (non-hydrogen) atoms. The minimum absolute atomic E-state index is 0.0321. The number of nitrogens with zero attached hydrogens (tertiary/aromatic N) is 3. The van der Waals surface area contributed by atoms with Crippen molar-refractivity contribution in [2.75, 3.05) is 7.05 Å². The molecule has 0 radical (unpaired) electrons. The van der Waals surface area contributed by atoms with E-state index in [0.717, 1.165) is 27.7 Å². The number of thiophene rings is 1. The van der Waals surface area contributed by atoms with Crippen molar-refractivity contribution in [3.63, 3.8) is 0 Å². The van der Waals surface area contributed by atoms with Gasteiger partial charge in [-0.2, -0.15) is 16.4 Å². The predicted octanol–water partition coefficient (Wildman–Crippen LogP) is 2.68. The van der Waals surface area contributed by atoms with E-state index in [2.05, 4.69) is 26.6 Å². The number of aromatic nitrogens is 2. The van der Waals surface area contributed by atoms with Crippen LogP contribution >= 0.6 is 11.3 Å². The van der Waals surface area contributed by atoms with E-state index in [4.69, 9.17) is 5.73 Å². The molecule has 1 aromatic carbocycles. The van der Waals surface area contributed by atoms with Crippen molar-refractivity contribution in [1.29, 1.82) is 0 Å². The molecule has 3 heterocycles. The van der Waals surface area contributed by atoms with Gasteiger partial charge >= 0.3 is 0 Å². The molecule has 3 N–H and O–H groups in total. The Morgan fingerprint density at radius 1 is 1.38 bits per heavy atom. The molecule has 0 aliphatic carbocycles. The number of nitrogens with two attached hydrogens (primary N) is 1. The molecule has 3 aromatic rings. The number of carbonyl (C=O) groups is 1. The van der Waals surface area contributed by atoms with Crippen LogP contribution in [0, 0.1) is 0 Å². The number of aliphatic imine (C=N–C) groups is 1. The van der Waals surface area contributed by atoms with Crippen LogP contribution < -0.4 is 5.73 Å². The fourth-order valence-electron chi connectivity index (χ4n) is 3.04. The van der Waals surface area contributed by atoms with E-state index < -0.39 is 5.54 Å². The van der Waals surface area contributed by atoms with Crippen molar-refractivity contribution in [2.24, 2.45) is 10.7 Å². The van der Waals surface area contributed by atoms with E-state index >= 15 is 0 Å². The summed E-state index contributed by atoms with van der Waals surface area (Å²) < 4.78 is 0. The standard InChI is InChI=1S/C17H17N5OS/c1-17(8-14(23)22(2)16(18)19-17)11-3-4-13-12(7-11)15(21-20-13)10-5-6-24-9-10/h3-7,9H,8H2,1-2H3,(H2,18,19)(H,20,21)/t17-/m0/s1. The SMILES string of the molecule is CN1C(=O)C[C@@](C)(c2ccc3[nH]nc(-c4ccsc4)c3c2)N=C1N. The summed E-state index contributed by atoms with van der Waals surface area (Å²) in [6.45, 7) is 1.94. The van der Waals surface area contributed by atoms with Gasteiger partial charge in [-0.3, -0.25) is 14.8 Å². The maximum Gasteiger partial charge on any atom is 0.231 e. The van der Waals surface area contributed by atoms with Gasteiger partial charge < -0.3 is 5.73 Å². The number of H-pyrrole nitrogens is 1. The second-order valence-corrected chi connectivity index (χ2v) is 7.00. The quantitative estimate of drug-likeness (QED) is 0.752. The van der Waals surface area contributed by atoms with E-state index in [-0.39, 0.29) is 11.9 Å². The molecule has 1 amide bonds. The lowest BCUT2D eigenvalue weighted by atomic mass is 9.86. The van der Waals surface area contributed by atoms with Crippen LogP contribution in [0.5, 0.6) is 0 Å². The Morgan fingerprint density at radius 3 is 2.92 bits per heavy atom. The molecule has 0 bridgehead atoms. The topological polar surface area (TPSA) is 87.4 Å². The highest BCUT2D eigenvalue weighted by Gasteiger charge is 2.36. The van der Waals surface area contributed by atoms with Crippen LogP contribution in [0.3, 0.4) is 0 Å². The molecular formula is C17H17N5OS. The van der Waals surface area contributed by atoms with Gasteiger partial charge in [-0.15, -0.1) is 0 Å². The van der Waals surface area contributed by atoms with Crippen molar-refractivity contribution in [3.8, 4) is 11.3 Å². The van der Waals surface area contributed by atoms with Gasteiger partial charge in [-0.1, -0.05) is 6.07 Å². The van der Waals surface area contributed by atoms with Gasteiger partial charge in [0.2, 0.25) is 5.91 Å². The largest absolute Gasteiger partial charge is 0.369 e. The van der Waals surface area contributed by atoms with Gasteiger partial charge in [-0.05, 0) is 36.1 Å². The number of fused-ring (bicyclic) bond motifs is 1. The second-order valence-electron chi connectivity index (χ2n) is 6.22. The molecule has 2 aromatic heterocycles. The van der Waals surface area contributed by atoms with E-state index in [1.807, 2.05) is 30.5 Å². The zero-order valence-corrected chi connectivity index (χ0v) is 14.2. The summed E-state index contributed by atoms with van der Waals surface area (Å²) in [7, 11) is 1.65. The van der Waals surface area contributed by atoms with Crippen molar-refractivity contribution in [1.82, 2.24) is 15.1 Å². The van der Waals surface area contributed by atoms with Crippen LogP contribution in [-0.4, -0.2) is 34.0 Å². The summed E-state index contributed by atoms with van der Waals surface area (Å²) in [4.78, 5) is 18.2. The van der Waals surface area contributed by atoms with Crippen molar-refractivity contribution in [3.05, 3.63) is 40.6 Å². The lowest BCUT2D eigenvalue weighted by molar-refractivity contribution is -0.128. The average molecular weight is 339 g/mol. The summed E-state index contributed by atoms with van der Waals surface area (Å²) >= 11 is 1.64. The fraction of sp³-hybridized carbons (Fsp3) is 0.235. The van der Waals surface area contributed by atoms with Crippen molar-refractivity contribution in [2.45, 2.75) is 18.9 Å². The number of nitrogens with one attached hydrogen (secondary N) is 1. The van der Waals surface area contributed by atoms with Gasteiger partial charge in [-0.25, -0.2) is 4.99 Å². The Morgan fingerprint density at radius 2 is 2.21 bits per heavy atom. The van der Waals surface area contributed by atoms with Crippen LogP contribution in [-0.2, 0) is 10.3 Å². The first-order chi connectivity index (χ1) is 11.5. The lowest BCUT2D eigenvalue weighted by Gasteiger charge is -2.33. The minimum Gasteiger partial charge on any atom is -0.369 e. The van der Waals surface area contributed by atoms with Crippen LogP contribution in [0.2, 0.25) is 0 Å². The fourth-order valence-corrected chi connectivity index (χ4v) is 3.68. The van der Waals surface area contributed by atoms with E-state index in [0.29, 0.717) is 6.42 Å². The molecule has 6 nitrogen and oxygen atoms in total. The van der Waals surface area contributed by atoms with Crippen LogP contribution in [0.25, 0.3) is 22.2 Å². The van der Waals surface area contributed by atoms with Gasteiger partial charge in [0.05, 0.1) is 17.5 Å². The first-order valence-corrected chi connectivity index (χ1v) is 8.55. The third-order valence-corrected chi connectivity index (χ3v) is 5.24. The number of carbonyl (C=O) groups excluding carboxylic acids is 1. The van der Waals surface area contributed by atoms with Crippen molar-refractivity contribution < 1.29 is 4.79 Å². The molecule has 0 spiro atoms. The highest BCUT2D eigenvalue weighted by molar-refractivity contribution is 7.08. The zero-order chi connectivity index (χ0) is 16.9. The maximum atomic E-state index is 12.2. The number of amides is 1. The molecule has 122 valence electrons. The Labute approximate surface area is 143 Å². The zero-order valence-electron chi connectivity index (χ0n) is 13.4. The maximum absolute atomic E-state index is 12.2. The molecular weight excluding hydrogens is 322 g/mol. The number of hydrogen-bond acceptors (Lipinski definition) is 5. The summed E-state index contributed by atoms with van der Waals surface area (Å²) in [5.74, 6) is 0.217. The number of hydrogen-bond donors (Lipinski definition) is 2. The molecule has 0 unspecified atom stereocenters. The van der Waals surface area contributed by atoms with E-state index in [1.54, 1.807) is 18.4 Å². The first-order valence-electron chi connectivity index (χ1n) is 7.61. The van der Waals surface area contributed by atoms with Crippen molar-refractivity contribution >= 4 is 34.1 Å². The van der Waals surface area contributed by atoms with Gasteiger partial charge in [0.15, 0.2) is 5.96 Å². The van der Waals surface area contributed by atoms with E-state index in [1.165, 1.54) is 4.90 Å². The normalized spacial score (nSPS) is 21.3. The average Bonchev–Trinajstić information content (AvgIpc) is 3.20. The minimum atomic E-state index is -0.662. The number of aromatic amines is 1. The molecule has 1 aliphatic rings. The highest BCUT2D eigenvalue weighted by atomic mass is 32.1. The van der Waals surface area contributed by atoms with Gasteiger partial charge in [0.1, 0.15) is 5.69 Å². The van der Waals surface area contributed by atoms with Gasteiger partial charge in [0.25, 0.3) is 0 Å². The van der Waals surface area contributed by atoms with Gasteiger partial charge in [0, 0.05) is 23.4 Å². The Balaban J connectivity index is 1.86. The molecule has 0 saturated carbocycles. The summed E-state index contributed by atoms with van der Waals surface area (Å²) in [6, 6.07) is 8.06. The molecule has 0 fully saturated rings. The van der Waals surface area contributed by atoms with Crippen LogP contribution in [0.4, 0.5) is 0 Å². The third-order valence-electron chi connectivity index (χ3n) is 4.55. The summed E-state index contributed by atoms with van der Waals surface area (Å²) in [6.07, 6.45) is 0.293. The highest BCUT2D eigenvalue weighted by Crippen LogP contribution is 2.36. The molecule has 0 saturated heterocycles. The molecule has 4 rings (SSSR count). The molecule has 1 atom stereocenters. The van der Waals surface area contributed by atoms with Crippen LogP contribution in [0.15, 0.2) is 40.0 Å². The molecule has 7 heteroatoms. The third kappa shape index (κ3) is 2.20. The second kappa shape index (κ2) is 5.17. The Kier molecular flexibility index (Phi) is 3.21.